The van der Waals surface area contributed by atoms with Crippen LogP contribution >= 0.6 is 24.0 Å². The van der Waals surface area contributed by atoms with E-state index in [1.165, 1.54) is 18.9 Å². The zero-order valence-electron chi connectivity index (χ0n) is 17.0. The van der Waals surface area contributed by atoms with E-state index in [-0.39, 0.29) is 35.7 Å². The van der Waals surface area contributed by atoms with Gasteiger partial charge in [0, 0.05) is 38.9 Å². The molecule has 1 aliphatic carbocycles. The van der Waals surface area contributed by atoms with Crippen LogP contribution < -0.4 is 10.6 Å². The predicted octanol–water partition coefficient (Wildman–Crippen LogP) is 2.81. The summed E-state index contributed by atoms with van der Waals surface area (Å²) < 4.78 is 19.2. The standard InChI is InChI=1S/C20H31FN4O2.HI/c1-4-22-20(25(3)11-12-27-14-16-6-7-16)24-10-9-23-19(26)17-8-5-15(2)18(21)13-17;/h5,8,13,16H,4,6-7,9-12,14H2,1-3H3,(H,22,24)(H,23,26);1H. The van der Waals surface area contributed by atoms with Gasteiger partial charge in [0.25, 0.3) is 5.91 Å². The molecule has 28 heavy (non-hydrogen) atoms. The molecule has 6 nitrogen and oxygen atoms in total. The average molecular weight is 506 g/mol. The number of benzene rings is 1. The highest BCUT2D eigenvalue weighted by Gasteiger charge is 2.21. The fraction of sp³-hybridized carbons (Fsp3) is 0.600. The Morgan fingerprint density at radius 1 is 1.36 bits per heavy atom. The molecular formula is C20H32FIN4O2. The SMILES string of the molecule is CCNC(=NCCNC(=O)c1ccc(C)c(F)c1)N(C)CCOCC1CC1.I. The minimum absolute atomic E-state index is 0. The molecule has 0 heterocycles. The third-order valence-electron chi connectivity index (χ3n) is 4.41. The number of carbonyl (C=O) groups excluding carboxylic acids is 1. The van der Waals surface area contributed by atoms with Crippen molar-refractivity contribution in [3.8, 4) is 0 Å². The van der Waals surface area contributed by atoms with Crippen LogP contribution in [0.1, 0.15) is 35.7 Å². The second kappa shape index (κ2) is 12.9. The molecule has 0 saturated heterocycles. The second-order valence-corrected chi connectivity index (χ2v) is 6.90. The van der Waals surface area contributed by atoms with E-state index in [1.54, 1.807) is 19.1 Å². The number of ether oxygens (including phenoxy) is 1. The number of nitrogens with one attached hydrogen (secondary N) is 2. The van der Waals surface area contributed by atoms with Crippen molar-refractivity contribution in [3.63, 3.8) is 0 Å². The molecule has 1 aromatic carbocycles. The van der Waals surface area contributed by atoms with Gasteiger partial charge < -0.3 is 20.3 Å². The van der Waals surface area contributed by atoms with Gasteiger partial charge in [-0.3, -0.25) is 9.79 Å². The summed E-state index contributed by atoms with van der Waals surface area (Å²) in [6.45, 7) is 7.56. The lowest BCUT2D eigenvalue weighted by Crippen LogP contribution is -2.41. The van der Waals surface area contributed by atoms with E-state index in [2.05, 4.69) is 15.6 Å². The minimum atomic E-state index is -0.374. The van der Waals surface area contributed by atoms with Gasteiger partial charge >= 0.3 is 0 Å². The van der Waals surface area contributed by atoms with Gasteiger partial charge in [-0.15, -0.1) is 24.0 Å². The molecule has 0 aromatic heterocycles. The molecule has 158 valence electrons. The molecule has 0 atom stereocenters. The minimum Gasteiger partial charge on any atom is -0.379 e. The molecule has 1 saturated carbocycles. The van der Waals surface area contributed by atoms with Crippen LogP contribution in [0.25, 0.3) is 0 Å². The first-order valence-corrected chi connectivity index (χ1v) is 9.62. The van der Waals surface area contributed by atoms with Gasteiger partial charge in [0.2, 0.25) is 0 Å². The predicted molar refractivity (Wildman–Crippen MR) is 121 cm³/mol. The Morgan fingerprint density at radius 2 is 2.11 bits per heavy atom. The van der Waals surface area contributed by atoms with E-state index in [0.717, 1.165) is 31.6 Å². The summed E-state index contributed by atoms with van der Waals surface area (Å²) in [5.41, 5.74) is 0.842. The van der Waals surface area contributed by atoms with Gasteiger partial charge in [-0.1, -0.05) is 6.07 Å². The van der Waals surface area contributed by atoms with Crippen LogP contribution in [-0.2, 0) is 4.74 Å². The largest absolute Gasteiger partial charge is 0.379 e. The van der Waals surface area contributed by atoms with Crippen LogP contribution in [0.2, 0.25) is 0 Å². The third kappa shape index (κ3) is 8.72. The monoisotopic (exact) mass is 506 g/mol. The van der Waals surface area contributed by atoms with E-state index >= 15 is 0 Å². The maximum atomic E-state index is 13.6. The third-order valence-corrected chi connectivity index (χ3v) is 4.41. The van der Waals surface area contributed by atoms with E-state index in [9.17, 15) is 9.18 Å². The molecule has 1 amide bonds. The van der Waals surface area contributed by atoms with Gasteiger partial charge in [0.15, 0.2) is 5.96 Å². The van der Waals surface area contributed by atoms with E-state index in [0.29, 0.717) is 30.8 Å². The van der Waals surface area contributed by atoms with Crippen LogP contribution in [0.15, 0.2) is 23.2 Å². The molecule has 2 N–H and O–H groups in total. The molecule has 1 aliphatic rings. The first-order chi connectivity index (χ1) is 13.0. The van der Waals surface area contributed by atoms with E-state index in [4.69, 9.17) is 4.74 Å². The Morgan fingerprint density at radius 3 is 2.75 bits per heavy atom. The van der Waals surface area contributed by atoms with Gasteiger partial charge in [0.05, 0.1) is 13.2 Å². The van der Waals surface area contributed by atoms with Crippen LogP contribution in [-0.4, -0.2) is 63.2 Å². The summed E-state index contributed by atoms with van der Waals surface area (Å²) in [7, 11) is 1.97. The molecule has 0 unspecified atom stereocenters. The van der Waals surface area contributed by atoms with Crippen molar-refractivity contribution in [3.05, 3.63) is 35.1 Å². The topological polar surface area (TPSA) is 66.0 Å². The zero-order chi connectivity index (χ0) is 19.6. The summed E-state index contributed by atoms with van der Waals surface area (Å²) >= 11 is 0. The number of amides is 1. The van der Waals surface area contributed by atoms with Crippen molar-refractivity contribution in [2.75, 3.05) is 46.4 Å². The first kappa shape index (κ1) is 24.6. The smallest absolute Gasteiger partial charge is 0.251 e. The lowest BCUT2D eigenvalue weighted by atomic mass is 10.1. The highest BCUT2D eigenvalue weighted by atomic mass is 127. The molecule has 8 heteroatoms. The van der Waals surface area contributed by atoms with E-state index in [1.807, 2.05) is 18.9 Å². The first-order valence-electron chi connectivity index (χ1n) is 9.62. The van der Waals surface area contributed by atoms with Crippen molar-refractivity contribution >= 4 is 35.8 Å². The molecule has 0 radical (unpaired) electrons. The Balaban J connectivity index is 0.00000392. The molecule has 0 aliphatic heterocycles. The number of halogens is 2. The van der Waals surface area contributed by atoms with Gasteiger partial charge in [-0.05, 0) is 50.3 Å². The Kier molecular flexibility index (Phi) is 11.4. The van der Waals surface area contributed by atoms with Gasteiger partial charge in [0.1, 0.15) is 5.82 Å². The highest BCUT2D eigenvalue weighted by molar-refractivity contribution is 14.0. The number of rotatable bonds is 10. The summed E-state index contributed by atoms with van der Waals surface area (Å²) in [5, 5.41) is 6.01. The molecule has 2 rings (SSSR count). The normalized spacial score (nSPS) is 13.6. The number of guanidine groups is 1. The highest BCUT2D eigenvalue weighted by Crippen LogP contribution is 2.28. The summed E-state index contributed by atoms with van der Waals surface area (Å²) in [4.78, 5) is 18.6. The second-order valence-electron chi connectivity index (χ2n) is 6.90. The van der Waals surface area contributed by atoms with Crippen LogP contribution in [0.3, 0.4) is 0 Å². The maximum Gasteiger partial charge on any atom is 0.251 e. The summed E-state index contributed by atoms with van der Waals surface area (Å²) in [6.07, 6.45) is 2.59. The lowest BCUT2D eigenvalue weighted by Gasteiger charge is -2.22. The summed E-state index contributed by atoms with van der Waals surface area (Å²) in [6, 6.07) is 4.48. The van der Waals surface area contributed by atoms with Crippen molar-refractivity contribution in [1.82, 2.24) is 15.5 Å². The van der Waals surface area contributed by atoms with Crippen molar-refractivity contribution in [1.29, 1.82) is 0 Å². The average Bonchev–Trinajstić information content (AvgIpc) is 3.47. The van der Waals surface area contributed by atoms with Crippen molar-refractivity contribution in [2.45, 2.75) is 26.7 Å². The van der Waals surface area contributed by atoms with Gasteiger partial charge in [-0.2, -0.15) is 0 Å². The van der Waals surface area contributed by atoms with E-state index < -0.39 is 0 Å². The maximum absolute atomic E-state index is 13.6. The van der Waals surface area contributed by atoms with Gasteiger partial charge in [-0.25, -0.2) is 4.39 Å². The van der Waals surface area contributed by atoms with Crippen LogP contribution in [0.5, 0.6) is 0 Å². The molecular weight excluding hydrogens is 474 g/mol. The number of carbonyl (C=O) groups is 1. The number of hydrogen-bond acceptors (Lipinski definition) is 3. The molecule has 1 aromatic rings. The molecule has 0 bridgehead atoms. The Bertz CT molecular complexity index is 653. The van der Waals surface area contributed by atoms with Crippen molar-refractivity contribution in [2.24, 2.45) is 10.9 Å². The Hall–Kier alpha value is -1.42. The fourth-order valence-corrected chi connectivity index (χ4v) is 2.48. The Labute approximate surface area is 184 Å². The fourth-order valence-electron chi connectivity index (χ4n) is 2.48. The lowest BCUT2D eigenvalue weighted by molar-refractivity contribution is 0.0954. The number of aryl methyl sites for hydroxylation is 1. The number of hydrogen-bond donors (Lipinski definition) is 2. The summed E-state index contributed by atoms with van der Waals surface area (Å²) in [5.74, 6) is 0.877. The molecule has 0 spiro atoms. The number of nitrogens with zero attached hydrogens (tertiary/aromatic N) is 2. The van der Waals surface area contributed by atoms with Crippen LogP contribution in [0.4, 0.5) is 4.39 Å². The zero-order valence-corrected chi connectivity index (χ0v) is 19.3. The number of aliphatic imine (C=N–C) groups is 1. The number of likely N-dealkylation sites (N-methyl/N-ethyl adjacent to an activating group) is 1. The van der Waals surface area contributed by atoms with Crippen molar-refractivity contribution < 1.29 is 13.9 Å². The van der Waals surface area contributed by atoms with Crippen LogP contribution in [0, 0.1) is 18.7 Å². The quantitative estimate of drug-likeness (QED) is 0.222. The molecule has 1 fully saturated rings.